The van der Waals surface area contributed by atoms with E-state index in [1.807, 2.05) is 12.1 Å². The van der Waals surface area contributed by atoms with Crippen molar-refractivity contribution in [1.82, 2.24) is 5.32 Å². The lowest BCUT2D eigenvalue weighted by molar-refractivity contribution is 0.546. The summed E-state index contributed by atoms with van der Waals surface area (Å²) in [6.45, 7) is 7.12. The molecule has 2 rings (SSSR count). The molecule has 0 heterocycles. The average Bonchev–Trinajstić information content (AvgIpc) is 2.40. The van der Waals surface area contributed by atoms with Crippen LogP contribution in [0.3, 0.4) is 0 Å². The number of aryl methyl sites for hydroxylation is 2. The van der Waals surface area contributed by atoms with Crippen LogP contribution in [0, 0.1) is 19.7 Å². The van der Waals surface area contributed by atoms with Gasteiger partial charge in [0.25, 0.3) is 0 Å². The predicted molar refractivity (Wildman–Crippen MR) is 90.2 cm³/mol. The molecule has 0 amide bonds. The molecule has 0 spiro atoms. The number of rotatable bonds is 5. The van der Waals surface area contributed by atoms with Crippen molar-refractivity contribution in [3.63, 3.8) is 0 Å². The Kier molecular flexibility index (Phi) is 5.54. The van der Waals surface area contributed by atoms with E-state index in [0.717, 1.165) is 23.0 Å². The van der Waals surface area contributed by atoms with Crippen LogP contribution in [-0.4, -0.2) is 6.54 Å². The number of hydrogen-bond donors (Lipinski definition) is 1. The van der Waals surface area contributed by atoms with Gasteiger partial charge in [-0.15, -0.1) is 0 Å². The Morgan fingerprint density at radius 1 is 1.10 bits per heavy atom. The zero-order valence-electron chi connectivity index (χ0n) is 12.7. The Balaban J connectivity index is 2.46. The molecule has 0 fully saturated rings. The van der Waals surface area contributed by atoms with Crippen LogP contribution in [-0.2, 0) is 0 Å². The number of nitrogens with one attached hydrogen (secondary N) is 1. The molecule has 3 heteroatoms. The van der Waals surface area contributed by atoms with E-state index in [2.05, 4.69) is 60.2 Å². The molecular weight excluding hydrogens is 329 g/mol. The van der Waals surface area contributed by atoms with Crippen LogP contribution in [0.15, 0.2) is 40.9 Å². The maximum Gasteiger partial charge on any atom is 0.129 e. The topological polar surface area (TPSA) is 12.0 Å². The first-order valence-electron chi connectivity index (χ1n) is 7.27. The van der Waals surface area contributed by atoms with Gasteiger partial charge >= 0.3 is 0 Å². The van der Waals surface area contributed by atoms with Gasteiger partial charge in [-0.05, 0) is 44.5 Å². The van der Waals surface area contributed by atoms with Crippen LogP contribution >= 0.6 is 15.9 Å². The normalized spacial score (nSPS) is 12.4. The van der Waals surface area contributed by atoms with Crippen molar-refractivity contribution < 1.29 is 4.39 Å². The quantitative estimate of drug-likeness (QED) is 0.772. The van der Waals surface area contributed by atoms with Gasteiger partial charge in [-0.1, -0.05) is 58.2 Å². The van der Waals surface area contributed by atoms with Crippen molar-refractivity contribution >= 4 is 15.9 Å². The summed E-state index contributed by atoms with van der Waals surface area (Å²) in [5.74, 6) is -0.183. The molecule has 1 atom stereocenters. The fourth-order valence-corrected chi connectivity index (χ4v) is 2.94. The first-order valence-corrected chi connectivity index (χ1v) is 8.07. The van der Waals surface area contributed by atoms with E-state index in [9.17, 15) is 4.39 Å². The summed E-state index contributed by atoms with van der Waals surface area (Å²) in [4.78, 5) is 0. The van der Waals surface area contributed by atoms with E-state index >= 15 is 0 Å². The standard InChI is InChI=1S/C18H21BrFN/c1-4-7-21-18(14-9-12(2)8-13(3)10-14)16-6-5-15(19)11-17(16)20/h5-6,8-11,18,21H,4,7H2,1-3H3. The van der Waals surface area contributed by atoms with Crippen LogP contribution < -0.4 is 5.32 Å². The summed E-state index contributed by atoms with van der Waals surface area (Å²) in [6, 6.07) is 11.5. The van der Waals surface area contributed by atoms with Gasteiger partial charge in [-0.25, -0.2) is 4.39 Å². The summed E-state index contributed by atoms with van der Waals surface area (Å²) in [5, 5.41) is 3.46. The molecule has 21 heavy (non-hydrogen) atoms. The minimum atomic E-state index is -0.183. The Bertz CT molecular complexity index is 604. The molecule has 0 saturated heterocycles. The second-order valence-electron chi connectivity index (χ2n) is 5.47. The van der Waals surface area contributed by atoms with Crippen molar-refractivity contribution in [3.8, 4) is 0 Å². The van der Waals surface area contributed by atoms with Crippen LogP contribution in [0.5, 0.6) is 0 Å². The zero-order valence-corrected chi connectivity index (χ0v) is 14.3. The van der Waals surface area contributed by atoms with Gasteiger partial charge in [-0.3, -0.25) is 0 Å². The summed E-state index contributed by atoms with van der Waals surface area (Å²) in [5.41, 5.74) is 4.20. The summed E-state index contributed by atoms with van der Waals surface area (Å²) in [7, 11) is 0. The maximum atomic E-state index is 14.3. The molecule has 2 aromatic carbocycles. The van der Waals surface area contributed by atoms with Crippen molar-refractivity contribution in [2.24, 2.45) is 0 Å². The highest BCUT2D eigenvalue weighted by Crippen LogP contribution is 2.28. The Morgan fingerprint density at radius 3 is 2.33 bits per heavy atom. The highest BCUT2D eigenvalue weighted by Gasteiger charge is 2.18. The van der Waals surface area contributed by atoms with Gasteiger partial charge in [0, 0.05) is 10.0 Å². The molecule has 0 aliphatic heterocycles. The monoisotopic (exact) mass is 349 g/mol. The van der Waals surface area contributed by atoms with E-state index in [4.69, 9.17) is 0 Å². The van der Waals surface area contributed by atoms with Crippen LogP contribution in [0.4, 0.5) is 4.39 Å². The molecular formula is C18H21BrFN. The third-order valence-corrected chi connectivity index (χ3v) is 3.94. The Hall–Kier alpha value is -1.19. The van der Waals surface area contributed by atoms with Crippen molar-refractivity contribution in [2.75, 3.05) is 6.54 Å². The second-order valence-corrected chi connectivity index (χ2v) is 6.39. The summed E-state index contributed by atoms with van der Waals surface area (Å²) in [6.07, 6.45) is 1.01. The molecule has 1 unspecified atom stereocenters. The number of halogens is 2. The van der Waals surface area contributed by atoms with E-state index in [-0.39, 0.29) is 11.9 Å². The molecule has 1 N–H and O–H groups in total. The Morgan fingerprint density at radius 2 is 1.76 bits per heavy atom. The third kappa shape index (κ3) is 4.14. The third-order valence-electron chi connectivity index (χ3n) is 3.45. The predicted octanol–water partition coefficient (Wildman–Crippen LogP) is 5.29. The maximum absolute atomic E-state index is 14.3. The van der Waals surface area contributed by atoms with E-state index < -0.39 is 0 Å². The molecule has 0 aliphatic carbocycles. The Labute approximate surface area is 134 Å². The van der Waals surface area contributed by atoms with E-state index in [1.165, 1.54) is 17.2 Å². The lowest BCUT2D eigenvalue weighted by Gasteiger charge is -2.21. The largest absolute Gasteiger partial charge is 0.306 e. The molecule has 2 aromatic rings. The first kappa shape index (κ1) is 16.2. The van der Waals surface area contributed by atoms with E-state index in [0.29, 0.717) is 5.56 Å². The lowest BCUT2D eigenvalue weighted by atomic mass is 9.95. The molecule has 0 bridgehead atoms. The molecule has 0 radical (unpaired) electrons. The fraction of sp³-hybridized carbons (Fsp3) is 0.333. The lowest BCUT2D eigenvalue weighted by Crippen LogP contribution is -2.24. The molecule has 0 aliphatic rings. The number of benzene rings is 2. The van der Waals surface area contributed by atoms with Gasteiger partial charge in [0.05, 0.1) is 6.04 Å². The molecule has 0 aromatic heterocycles. The second kappa shape index (κ2) is 7.19. The van der Waals surface area contributed by atoms with Gasteiger partial charge in [0.1, 0.15) is 5.82 Å². The smallest absolute Gasteiger partial charge is 0.129 e. The minimum absolute atomic E-state index is 0.114. The van der Waals surface area contributed by atoms with Crippen molar-refractivity contribution in [1.29, 1.82) is 0 Å². The van der Waals surface area contributed by atoms with Crippen LogP contribution in [0.25, 0.3) is 0 Å². The first-order chi connectivity index (χ1) is 10.0. The summed E-state index contributed by atoms with van der Waals surface area (Å²) >= 11 is 3.32. The van der Waals surface area contributed by atoms with Gasteiger partial charge in [-0.2, -0.15) is 0 Å². The molecule has 1 nitrogen and oxygen atoms in total. The van der Waals surface area contributed by atoms with Gasteiger partial charge in [0.15, 0.2) is 0 Å². The van der Waals surface area contributed by atoms with Crippen LogP contribution in [0.1, 0.15) is 41.6 Å². The zero-order chi connectivity index (χ0) is 15.4. The van der Waals surface area contributed by atoms with Gasteiger partial charge < -0.3 is 5.32 Å². The van der Waals surface area contributed by atoms with Crippen molar-refractivity contribution in [3.05, 3.63) is 68.9 Å². The van der Waals surface area contributed by atoms with Crippen molar-refractivity contribution in [2.45, 2.75) is 33.2 Å². The number of hydrogen-bond acceptors (Lipinski definition) is 1. The summed E-state index contributed by atoms with van der Waals surface area (Å²) < 4.78 is 15.1. The SMILES string of the molecule is CCCNC(c1cc(C)cc(C)c1)c1ccc(Br)cc1F. The highest BCUT2D eigenvalue weighted by atomic mass is 79.9. The van der Waals surface area contributed by atoms with Crippen LogP contribution in [0.2, 0.25) is 0 Å². The fourth-order valence-electron chi connectivity index (χ4n) is 2.61. The van der Waals surface area contributed by atoms with E-state index in [1.54, 1.807) is 0 Å². The molecule has 0 saturated carbocycles. The highest BCUT2D eigenvalue weighted by molar-refractivity contribution is 9.10. The minimum Gasteiger partial charge on any atom is -0.306 e. The van der Waals surface area contributed by atoms with Gasteiger partial charge in [0.2, 0.25) is 0 Å². The average molecular weight is 350 g/mol. The molecule has 112 valence electrons.